The second kappa shape index (κ2) is 6.70. The van der Waals surface area contributed by atoms with Gasteiger partial charge in [-0.25, -0.2) is 0 Å². The first-order valence-electron chi connectivity index (χ1n) is 10.0. The number of hydrogen-bond acceptors (Lipinski definition) is 4. The molecule has 1 unspecified atom stereocenters. The van der Waals surface area contributed by atoms with Gasteiger partial charge in [0.05, 0.1) is 0 Å². The van der Waals surface area contributed by atoms with E-state index in [0.29, 0.717) is 12.0 Å². The normalized spacial score (nSPS) is 26.9. The van der Waals surface area contributed by atoms with E-state index in [1.807, 2.05) is 0 Å². The van der Waals surface area contributed by atoms with Gasteiger partial charge in [-0.3, -0.25) is 0 Å². The summed E-state index contributed by atoms with van der Waals surface area (Å²) < 4.78 is 5.48. The Morgan fingerprint density at radius 1 is 1.04 bits per heavy atom. The van der Waals surface area contributed by atoms with Crippen LogP contribution in [0.5, 0.6) is 0 Å². The highest BCUT2D eigenvalue weighted by atomic mass is 16.5. The Morgan fingerprint density at radius 3 is 2.78 bits per heavy atom. The van der Waals surface area contributed by atoms with Gasteiger partial charge in [0.1, 0.15) is 5.66 Å². The smallest absolute Gasteiger partial charge is 0.112 e. The second-order valence-electron chi connectivity index (χ2n) is 7.98. The zero-order valence-electron chi connectivity index (χ0n) is 15.6. The number of hydrogen-bond donors (Lipinski definition) is 3. The maximum Gasteiger partial charge on any atom is 0.112 e. The van der Waals surface area contributed by atoms with E-state index < -0.39 is 5.66 Å². The molecule has 2 aromatic carbocycles. The fourth-order valence-electron chi connectivity index (χ4n) is 4.79. The molecule has 4 nitrogen and oxygen atoms in total. The molecular weight excluding hydrogens is 334 g/mol. The first-order valence-corrected chi connectivity index (χ1v) is 10.0. The Bertz CT molecular complexity index is 872. The number of nitrogens with one attached hydrogen (secondary N) is 2. The number of anilines is 2. The molecule has 0 aromatic heterocycles. The molecule has 4 heteroatoms. The molecule has 0 bridgehead atoms. The molecule has 0 amide bonds. The van der Waals surface area contributed by atoms with Crippen molar-refractivity contribution in [1.82, 2.24) is 0 Å². The maximum atomic E-state index is 6.89. The zero-order chi connectivity index (χ0) is 18.3. The Hall–Kier alpha value is -2.30. The van der Waals surface area contributed by atoms with Crippen molar-refractivity contribution in [1.29, 1.82) is 0 Å². The third-order valence-electron chi connectivity index (χ3n) is 6.27. The van der Waals surface area contributed by atoms with Gasteiger partial charge in [-0.1, -0.05) is 36.4 Å². The maximum absolute atomic E-state index is 6.89. The number of aryl methyl sites for hydroxylation is 1. The van der Waals surface area contributed by atoms with E-state index in [1.165, 1.54) is 22.4 Å². The fourth-order valence-corrected chi connectivity index (χ4v) is 4.79. The van der Waals surface area contributed by atoms with E-state index in [1.54, 1.807) is 0 Å². The summed E-state index contributed by atoms with van der Waals surface area (Å²) in [5.74, 6) is 0.296. The van der Waals surface area contributed by atoms with Crippen LogP contribution in [0.25, 0.3) is 6.08 Å². The molecule has 2 aliphatic heterocycles. The van der Waals surface area contributed by atoms with Crippen LogP contribution >= 0.6 is 0 Å². The monoisotopic (exact) mass is 361 g/mol. The fraction of sp³-hybridized carbons (Fsp3) is 0.391. The average molecular weight is 361 g/mol. The summed E-state index contributed by atoms with van der Waals surface area (Å²) in [6, 6.07) is 15.6. The third-order valence-corrected chi connectivity index (χ3v) is 6.27. The molecule has 0 radical (unpaired) electrons. The number of fused-ring (bicyclic) bond motifs is 2. The van der Waals surface area contributed by atoms with Crippen LogP contribution in [0.2, 0.25) is 0 Å². The number of rotatable bonds is 3. The highest BCUT2D eigenvalue weighted by molar-refractivity contribution is 5.82. The molecule has 1 aliphatic carbocycles. The van der Waals surface area contributed by atoms with Crippen LogP contribution < -0.4 is 16.4 Å². The van der Waals surface area contributed by atoms with Crippen molar-refractivity contribution in [3.8, 4) is 0 Å². The van der Waals surface area contributed by atoms with Crippen LogP contribution in [0.1, 0.15) is 41.9 Å². The molecule has 3 aliphatic rings. The van der Waals surface area contributed by atoms with E-state index in [9.17, 15) is 0 Å². The van der Waals surface area contributed by atoms with Gasteiger partial charge in [0, 0.05) is 42.1 Å². The summed E-state index contributed by atoms with van der Waals surface area (Å²) in [6.07, 6.45) is 8.67. The molecule has 1 fully saturated rings. The molecule has 2 aromatic rings. The molecule has 4 N–H and O–H groups in total. The summed E-state index contributed by atoms with van der Waals surface area (Å²) in [7, 11) is 0. The van der Waals surface area contributed by atoms with Crippen LogP contribution in [0.15, 0.2) is 48.5 Å². The van der Waals surface area contributed by atoms with Gasteiger partial charge in [-0.2, -0.15) is 0 Å². The standard InChI is InChI=1S/C23H27N3O/c24-23(20-9-8-16-4-1-2-5-18(16)20)13-10-19-21(6-3-7-22(19)26-23)25-17-11-14-27-15-12-17/h1-7,10,13,17,20,25-26H,8-9,11-12,14-15,24H2/t20?,23-/m1/s1. The molecule has 27 heavy (non-hydrogen) atoms. The minimum atomic E-state index is -0.545. The van der Waals surface area contributed by atoms with Crippen LogP contribution in [0.3, 0.4) is 0 Å². The SMILES string of the molecule is N[C@]1(C2CCc3ccccc32)C=Cc2c(NC3CCOCC3)cccc2N1. The summed E-state index contributed by atoms with van der Waals surface area (Å²) >= 11 is 0. The zero-order valence-corrected chi connectivity index (χ0v) is 15.6. The predicted molar refractivity (Wildman–Crippen MR) is 111 cm³/mol. The van der Waals surface area contributed by atoms with Crippen molar-refractivity contribution in [3.05, 3.63) is 65.2 Å². The lowest BCUT2D eigenvalue weighted by Gasteiger charge is -2.39. The van der Waals surface area contributed by atoms with Crippen molar-refractivity contribution in [3.63, 3.8) is 0 Å². The average Bonchev–Trinajstić information content (AvgIpc) is 3.14. The number of ether oxygens (including phenoxy) is 1. The predicted octanol–water partition coefficient (Wildman–Crippen LogP) is 4.10. The van der Waals surface area contributed by atoms with Crippen molar-refractivity contribution >= 4 is 17.5 Å². The minimum absolute atomic E-state index is 0.296. The van der Waals surface area contributed by atoms with Crippen LogP contribution in [0.4, 0.5) is 11.4 Å². The molecule has 140 valence electrons. The number of benzene rings is 2. The Kier molecular flexibility index (Phi) is 4.18. The minimum Gasteiger partial charge on any atom is -0.382 e. The molecule has 2 heterocycles. The van der Waals surface area contributed by atoms with E-state index in [2.05, 4.69) is 65.3 Å². The molecule has 0 saturated carbocycles. The van der Waals surface area contributed by atoms with E-state index in [-0.39, 0.29) is 0 Å². The molecule has 1 saturated heterocycles. The van der Waals surface area contributed by atoms with Gasteiger partial charge < -0.3 is 21.1 Å². The quantitative estimate of drug-likeness (QED) is 0.770. The summed E-state index contributed by atoms with van der Waals surface area (Å²) in [4.78, 5) is 0. The lowest BCUT2D eigenvalue weighted by atomic mass is 9.84. The van der Waals surface area contributed by atoms with Gasteiger partial charge in [0.2, 0.25) is 0 Å². The first-order chi connectivity index (χ1) is 13.2. The Balaban J connectivity index is 1.42. The highest BCUT2D eigenvalue weighted by Crippen LogP contribution is 2.43. The second-order valence-corrected chi connectivity index (χ2v) is 7.98. The van der Waals surface area contributed by atoms with Crippen LogP contribution in [0, 0.1) is 0 Å². The highest BCUT2D eigenvalue weighted by Gasteiger charge is 2.39. The van der Waals surface area contributed by atoms with E-state index >= 15 is 0 Å². The van der Waals surface area contributed by atoms with Gasteiger partial charge in [0.25, 0.3) is 0 Å². The Labute approximate surface area is 160 Å². The van der Waals surface area contributed by atoms with Crippen molar-refractivity contribution in [2.45, 2.75) is 43.3 Å². The van der Waals surface area contributed by atoms with Gasteiger partial charge in [0.15, 0.2) is 0 Å². The Morgan fingerprint density at radius 2 is 1.89 bits per heavy atom. The van der Waals surface area contributed by atoms with Gasteiger partial charge in [-0.15, -0.1) is 0 Å². The molecule has 0 spiro atoms. The third kappa shape index (κ3) is 3.03. The van der Waals surface area contributed by atoms with Crippen LogP contribution in [-0.4, -0.2) is 24.9 Å². The molecular formula is C23H27N3O. The summed E-state index contributed by atoms with van der Waals surface area (Å²) in [6.45, 7) is 1.68. The largest absolute Gasteiger partial charge is 0.382 e. The van der Waals surface area contributed by atoms with Crippen molar-refractivity contribution in [2.24, 2.45) is 5.73 Å². The van der Waals surface area contributed by atoms with Crippen LogP contribution in [-0.2, 0) is 11.2 Å². The summed E-state index contributed by atoms with van der Waals surface area (Å²) in [5.41, 5.74) is 12.7. The molecule has 2 atom stereocenters. The molecule has 5 rings (SSSR count). The lowest BCUT2D eigenvalue weighted by Crippen LogP contribution is -2.51. The first kappa shape index (κ1) is 16.8. The summed E-state index contributed by atoms with van der Waals surface area (Å²) in [5, 5.41) is 7.37. The van der Waals surface area contributed by atoms with E-state index in [4.69, 9.17) is 10.5 Å². The lowest BCUT2D eigenvalue weighted by molar-refractivity contribution is 0.0904. The van der Waals surface area contributed by atoms with Crippen molar-refractivity contribution < 1.29 is 4.74 Å². The van der Waals surface area contributed by atoms with Gasteiger partial charge in [-0.05, 0) is 55.0 Å². The number of nitrogens with two attached hydrogens (primary N) is 1. The van der Waals surface area contributed by atoms with Gasteiger partial charge >= 0.3 is 0 Å². The van der Waals surface area contributed by atoms with Crippen molar-refractivity contribution in [2.75, 3.05) is 23.8 Å². The topological polar surface area (TPSA) is 59.3 Å². The van der Waals surface area contributed by atoms with E-state index in [0.717, 1.165) is 44.6 Å².